The van der Waals surface area contributed by atoms with E-state index in [1.165, 1.54) is 0 Å². The zero-order valence-corrected chi connectivity index (χ0v) is 10.3. The van der Waals surface area contributed by atoms with Crippen molar-refractivity contribution in [1.29, 1.82) is 0 Å². The lowest BCUT2D eigenvalue weighted by atomic mass is 10.2. The Hall–Kier alpha value is -1.00. The lowest BCUT2D eigenvalue weighted by Gasteiger charge is -2.08. The summed E-state index contributed by atoms with van der Waals surface area (Å²) in [5, 5.41) is 8.62. The van der Waals surface area contributed by atoms with Gasteiger partial charge in [-0.3, -0.25) is 4.79 Å². The van der Waals surface area contributed by atoms with E-state index in [4.69, 9.17) is 9.84 Å². The average Bonchev–Trinajstić information content (AvgIpc) is 2.27. The predicted molar refractivity (Wildman–Crippen MR) is 65.0 cm³/mol. The van der Waals surface area contributed by atoms with Gasteiger partial charge in [0.2, 0.25) is 0 Å². The summed E-state index contributed by atoms with van der Waals surface area (Å²) in [7, 11) is 1.70. The van der Waals surface area contributed by atoms with E-state index in [1.807, 2.05) is 31.2 Å². The fraction of sp³-hybridized carbons (Fsp3) is 0.417. The minimum Gasteiger partial charge on any atom is -0.481 e. The van der Waals surface area contributed by atoms with Crippen LogP contribution in [0.2, 0.25) is 0 Å². The molecule has 0 aliphatic carbocycles. The van der Waals surface area contributed by atoms with Crippen LogP contribution in [0.5, 0.6) is 0 Å². The molecule has 3 nitrogen and oxygen atoms in total. The van der Waals surface area contributed by atoms with Gasteiger partial charge in [0, 0.05) is 17.8 Å². The fourth-order valence-electron chi connectivity index (χ4n) is 1.16. The van der Waals surface area contributed by atoms with E-state index in [9.17, 15) is 4.79 Å². The first-order chi connectivity index (χ1) is 7.61. The lowest BCUT2D eigenvalue weighted by molar-refractivity contribution is -0.136. The van der Waals surface area contributed by atoms with Crippen molar-refractivity contribution in [1.82, 2.24) is 0 Å². The molecule has 16 heavy (non-hydrogen) atoms. The highest BCUT2D eigenvalue weighted by atomic mass is 32.2. The lowest BCUT2D eigenvalue weighted by Crippen LogP contribution is -2.07. The number of hydrogen-bond donors (Lipinski definition) is 1. The molecule has 1 aromatic carbocycles. The van der Waals surface area contributed by atoms with Crippen LogP contribution in [0.1, 0.15) is 12.5 Å². The molecular formula is C12H16O3S. The summed E-state index contributed by atoms with van der Waals surface area (Å²) in [6.07, 6.45) is 0.308. The van der Waals surface area contributed by atoms with E-state index >= 15 is 0 Å². The van der Waals surface area contributed by atoms with Gasteiger partial charge in [-0.1, -0.05) is 12.1 Å². The van der Waals surface area contributed by atoms with Gasteiger partial charge in [0.25, 0.3) is 0 Å². The number of ether oxygens (including phenoxy) is 1. The summed E-state index contributed by atoms with van der Waals surface area (Å²) in [5.41, 5.74) is 0.830. The third-order valence-electron chi connectivity index (χ3n) is 2.17. The smallest absolute Gasteiger partial charge is 0.307 e. The number of thioether (sulfide) groups is 1. The molecule has 0 saturated heterocycles. The normalized spacial score (nSPS) is 12.4. The molecule has 0 spiro atoms. The van der Waals surface area contributed by atoms with E-state index in [-0.39, 0.29) is 12.5 Å². The summed E-state index contributed by atoms with van der Waals surface area (Å²) in [6, 6.07) is 7.61. The van der Waals surface area contributed by atoms with Crippen LogP contribution >= 0.6 is 11.8 Å². The number of methoxy groups -OCH3 is 1. The van der Waals surface area contributed by atoms with Gasteiger partial charge in [-0.15, -0.1) is 11.8 Å². The quantitative estimate of drug-likeness (QED) is 0.776. The molecule has 1 rings (SSSR count). The Morgan fingerprint density at radius 3 is 2.56 bits per heavy atom. The minimum absolute atomic E-state index is 0.0828. The fourth-order valence-corrected chi connectivity index (χ4v) is 2.05. The van der Waals surface area contributed by atoms with Crippen LogP contribution in [0.25, 0.3) is 0 Å². The van der Waals surface area contributed by atoms with E-state index < -0.39 is 5.97 Å². The first-order valence-electron chi connectivity index (χ1n) is 5.08. The summed E-state index contributed by atoms with van der Waals surface area (Å²) in [6.45, 7) is 2.02. The molecule has 0 radical (unpaired) electrons. The largest absolute Gasteiger partial charge is 0.481 e. The Kier molecular flexibility index (Phi) is 5.35. The molecule has 4 heteroatoms. The molecular weight excluding hydrogens is 224 g/mol. The molecule has 0 heterocycles. The van der Waals surface area contributed by atoms with Crippen LogP contribution < -0.4 is 0 Å². The minimum atomic E-state index is -0.798. The number of rotatable bonds is 6. The Labute approximate surface area is 99.8 Å². The summed E-state index contributed by atoms with van der Waals surface area (Å²) >= 11 is 1.71. The summed E-state index contributed by atoms with van der Waals surface area (Å²) in [5.74, 6) is 0.0998. The molecule has 1 N–H and O–H groups in total. The SMILES string of the molecule is COC(C)CSc1ccc(CC(=O)O)cc1. The zero-order valence-electron chi connectivity index (χ0n) is 9.47. The van der Waals surface area contributed by atoms with E-state index in [2.05, 4.69) is 0 Å². The molecule has 0 bridgehead atoms. The molecule has 1 unspecified atom stereocenters. The van der Waals surface area contributed by atoms with Crippen LogP contribution in [0.4, 0.5) is 0 Å². The third-order valence-corrected chi connectivity index (χ3v) is 3.41. The molecule has 1 atom stereocenters. The number of benzene rings is 1. The summed E-state index contributed by atoms with van der Waals surface area (Å²) < 4.78 is 5.15. The van der Waals surface area contributed by atoms with Crippen molar-refractivity contribution in [3.05, 3.63) is 29.8 Å². The third kappa shape index (κ3) is 4.68. The van der Waals surface area contributed by atoms with E-state index in [1.54, 1.807) is 18.9 Å². The van der Waals surface area contributed by atoms with Crippen molar-refractivity contribution >= 4 is 17.7 Å². The van der Waals surface area contributed by atoms with Crippen molar-refractivity contribution in [3.8, 4) is 0 Å². The highest BCUT2D eigenvalue weighted by molar-refractivity contribution is 7.99. The van der Waals surface area contributed by atoms with Gasteiger partial charge in [-0.05, 0) is 24.6 Å². The molecule has 0 fully saturated rings. The van der Waals surface area contributed by atoms with Crippen molar-refractivity contribution in [3.63, 3.8) is 0 Å². The first-order valence-corrected chi connectivity index (χ1v) is 6.06. The van der Waals surface area contributed by atoms with Gasteiger partial charge in [0.05, 0.1) is 12.5 Å². The van der Waals surface area contributed by atoms with Crippen LogP contribution in [-0.4, -0.2) is 30.0 Å². The molecule has 1 aromatic rings. The maximum atomic E-state index is 10.5. The van der Waals surface area contributed by atoms with E-state index in [0.717, 1.165) is 16.2 Å². The number of carboxylic acids is 1. The second kappa shape index (κ2) is 6.55. The topological polar surface area (TPSA) is 46.5 Å². The van der Waals surface area contributed by atoms with Gasteiger partial charge >= 0.3 is 5.97 Å². The van der Waals surface area contributed by atoms with Crippen molar-refractivity contribution < 1.29 is 14.6 Å². The van der Waals surface area contributed by atoms with Gasteiger partial charge in [0.15, 0.2) is 0 Å². The first kappa shape index (κ1) is 13.1. The van der Waals surface area contributed by atoms with Crippen molar-refractivity contribution in [2.24, 2.45) is 0 Å². The Morgan fingerprint density at radius 1 is 1.44 bits per heavy atom. The molecule has 0 amide bonds. The molecule has 88 valence electrons. The van der Waals surface area contributed by atoms with E-state index in [0.29, 0.717) is 0 Å². The maximum absolute atomic E-state index is 10.5. The molecule has 0 aliphatic heterocycles. The van der Waals surface area contributed by atoms with Gasteiger partial charge in [-0.2, -0.15) is 0 Å². The number of aliphatic carboxylic acids is 1. The standard InChI is InChI=1S/C12H16O3S/c1-9(15-2)8-16-11-5-3-10(4-6-11)7-12(13)14/h3-6,9H,7-8H2,1-2H3,(H,13,14). The second-order valence-electron chi connectivity index (χ2n) is 3.57. The highest BCUT2D eigenvalue weighted by Crippen LogP contribution is 2.20. The van der Waals surface area contributed by atoms with Crippen LogP contribution in [0.15, 0.2) is 29.2 Å². The maximum Gasteiger partial charge on any atom is 0.307 e. The average molecular weight is 240 g/mol. The van der Waals surface area contributed by atoms with Gasteiger partial charge in [-0.25, -0.2) is 0 Å². The zero-order chi connectivity index (χ0) is 12.0. The van der Waals surface area contributed by atoms with Crippen molar-refractivity contribution in [2.45, 2.75) is 24.3 Å². The molecule has 0 saturated carbocycles. The monoisotopic (exact) mass is 240 g/mol. The predicted octanol–water partition coefficient (Wildman–Crippen LogP) is 2.44. The Balaban J connectivity index is 2.48. The molecule has 0 aromatic heterocycles. The number of hydrogen-bond acceptors (Lipinski definition) is 3. The van der Waals surface area contributed by atoms with Gasteiger partial charge < -0.3 is 9.84 Å². The second-order valence-corrected chi connectivity index (χ2v) is 4.67. The summed E-state index contributed by atoms with van der Waals surface area (Å²) in [4.78, 5) is 11.6. The van der Waals surface area contributed by atoms with Crippen molar-refractivity contribution in [2.75, 3.05) is 12.9 Å². The van der Waals surface area contributed by atoms with Gasteiger partial charge in [0.1, 0.15) is 0 Å². The van der Waals surface area contributed by atoms with Crippen LogP contribution in [0, 0.1) is 0 Å². The number of carbonyl (C=O) groups is 1. The molecule has 0 aliphatic rings. The highest BCUT2D eigenvalue weighted by Gasteiger charge is 2.03. The van der Waals surface area contributed by atoms with Crippen LogP contribution in [0.3, 0.4) is 0 Å². The van der Waals surface area contributed by atoms with Crippen LogP contribution in [-0.2, 0) is 16.0 Å². The Bertz CT molecular complexity index is 335. The number of carboxylic acid groups (broad SMARTS) is 1. The Morgan fingerprint density at radius 2 is 2.06 bits per heavy atom.